The second-order valence-corrected chi connectivity index (χ2v) is 6.05. The molecule has 1 N–H and O–H groups in total. The van der Waals surface area contributed by atoms with Gasteiger partial charge in [0.2, 0.25) is 0 Å². The van der Waals surface area contributed by atoms with Crippen molar-refractivity contribution in [1.82, 2.24) is 10.2 Å². The maximum Gasteiger partial charge on any atom is 0.329 e. The molecule has 0 saturated carbocycles. The van der Waals surface area contributed by atoms with E-state index in [4.69, 9.17) is 9.47 Å². The summed E-state index contributed by atoms with van der Waals surface area (Å²) >= 11 is 0. The van der Waals surface area contributed by atoms with Crippen LogP contribution in [0.4, 0.5) is 0 Å². The lowest BCUT2D eigenvalue weighted by molar-refractivity contribution is -0.153. The number of ether oxygens (including phenoxy) is 2. The molecule has 0 radical (unpaired) electrons. The highest BCUT2D eigenvalue weighted by Gasteiger charge is 2.27. The molecule has 1 rings (SSSR count). The van der Waals surface area contributed by atoms with Crippen LogP contribution in [0, 0.1) is 5.92 Å². The van der Waals surface area contributed by atoms with E-state index in [1.807, 2.05) is 6.92 Å². The van der Waals surface area contributed by atoms with Gasteiger partial charge in [0.1, 0.15) is 11.8 Å². The smallest absolute Gasteiger partial charge is 0.329 e. The van der Waals surface area contributed by atoms with Gasteiger partial charge >= 0.3 is 5.97 Å². The van der Waals surface area contributed by atoms with Crippen LogP contribution in [-0.2, 0) is 14.3 Å². The summed E-state index contributed by atoms with van der Waals surface area (Å²) in [7, 11) is 3.15. The molecule has 2 amide bonds. The van der Waals surface area contributed by atoms with Gasteiger partial charge in [-0.1, -0.05) is 13.8 Å². The maximum absolute atomic E-state index is 12.3. The number of hydrogen-bond acceptors (Lipinski definition) is 5. The fraction of sp³-hybridized carbons (Fsp3) is 0.500. The van der Waals surface area contributed by atoms with E-state index in [1.165, 1.54) is 4.90 Å². The highest BCUT2D eigenvalue weighted by Crippen LogP contribution is 2.13. The van der Waals surface area contributed by atoms with Crippen molar-refractivity contribution < 1.29 is 23.9 Å². The SMILES string of the molecule is CCOc1ccc(C(=O)N[C@H](C(=O)OCC(=O)N(C)C)C(C)C)cc1. The van der Waals surface area contributed by atoms with Gasteiger partial charge < -0.3 is 19.7 Å². The lowest BCUT2D eigenvalue weighted by Gasteiger charge is -2.21. The predicted octanol–water partition coefficient (Wildman–Crippen LogP) is 1.47. The minimum absolute atomic E-state index is 0.186. The van der Waals surface area contributed by atoms with E-state index < -0.39 is 17.9 Å². The third-order valence-electron chi connectivity index (χ3n) is 3.47. The predicted molar refractivity (Wildman–Crippen MR) is 93.4 cm³/mol. The third-order valence-corrected chi connectivity index (χ3v) is 3.47. The van der Waals surface area contributed by atoms with Gasteiger partial charge in [0, 0.05) is 19.7 Å². The summed E-state index contributed by atoms with van der Waals surface area (Å²) in [4.78, 5) is 37.4. The summed E-state index contributed by atoms with van der Waals surface area (Å²) in [5.74, 6) is -0.870. The first-order valence-electron chi connectivity index (χ1n) is 8.16. The molecule has 7 nitrogen and oxygen atoms in total. The minimum atomic E-state index is -0.839. The van der Waals surface area contributed by atoms with E-state index in [0.717, 1.165) is 0 Å². The van der Waals surface area contributed by atoms with E-state index >= 15 is 0 Å². The fourth-order valence-corrected chi connectivity index (χ4v) is 1.94. The lowest BCUT2D eigenvalue weighted by atomic mass is 10.0. The Balaban J connectivity index is 2.71. The van der Waals surface area contributed by atoms with E-state index in [0.29, 0.717) is 17.9 Å². The van der Waals surface area contributed by atoms with Crippen LogP contribution in [0.2, 0.25) is 0 Å². The molecular formula is C18H26N2O5. The Morgan fingerprint density at radius 3 is 2.20 bits per heavy atom. The third kappa shape index (κ3) is 6.45. The molecule has 0 aliphatic rings. The zero-order chi connectivity index (χ0) is 19.0. The van der Waals surface area contributed by atoms with Crippen molar-refractivity contribution in [1.29, 1.82) is 0 Å². The Morgan fingerprint density at radius 1 is 1.12 bits per heavy atom. The zero-order valence-electron chi connectivity index (χ0n) is 15.4. The van der Waals surface area contributed by atoms with Crippen LogP contribution in [0.15, 0.2) is 24.3 Å². The van der Waals surface area contributed by atoms with Crippen LogP contribution in [0.25, 0.3) is 0 Å². The highest BCUT2D eigenvalue weighted by molar-refractivity contribution is 5.97. The molecule has 138 valence electrons. The number of hydrogen-bond donors (Lipinski definition) is 1. The summed E-state index contributed by atoms with van der Waals surface area (Å²) in [5.41, 5.74) is 0.409. The second-order valence-electron chi connectivity index (χ2n) is 6.05. The van der Waals surface area contributed by atoms with Crippen LogP contribution in [0.3, 0.4) is 0 Å². The Labute approximate surface area is 148 Å². The van der Waals surface area contributed by atoms with Gasteiger partial charge in [-0.3, -0.25) is 9.59 Å². The molecule has 0 unspecified atom stereocenters. The van der Waals surface area contributed by atoms with Crippen molar-refractivity contribution in [2.45, 2.75) is 26.8 Å². The monoisotopic (exact) mass is 350 g/mol. The second kappa shape index (κ2) is 9.66. The van der Waals surface area contributed by atoms with Crippen LogP contribution >= 0.6 is 0 Å². The molecule has 1 atom stereocenters. The molecule has 1 aromatic carbocycles. The van der Waals surface area contributed by atoms with Crippen LogP contribution in [0.1, 0.15) is 31.1 Å². The molecule has 25 heavy (non-hydrogen) atoms. The molecule has 0 bridgehead atoms. The van der Waals surface area contributed by atoms with E-state index in [2.05, 4.69) is 5.32 Å². The normalized spacial score (nSPS) is 11.6. The molecule has 0 aliphatic carbocycles. The zero-order valence-corrected chi connectivity index (χ0v) is 15.4. The first kappa shape index (κ1) is 20.5. The summed E-state index contributed by atoms with van der Waals surface area (Å²) in [6.45, 7) is 5.64. The highest BCUT2D eigenvalue weighted by atomic mass is 16.5. The average molecular weight is 350 g/mol. The Kier molecular flexibility index (Phi) is 7.91. The number of nitrogens with zero attached hydrogens (tertiary/aromatic N) is 1. The van der Waals surface area contributed by atoms with Crippen LogP contribution in [0.5, 0.6) is 5.75 Å². The molecule has 0 aliphatic heterocycles. The van der Waals surface area contributed by atoms with Gasteiger partial charge in [0.15, 0.2) is 6.61 Å². The van der Waals surface area contributed by atoms with Gasteiger partial charge in [-0.25, -0.2) is 4.79 Å². The number of likely N-dealkylation sites (N-methyl/N-ethyl adjacent to an activating group) is 1. The standard InChI is InChI=1S/C18H26N2O5/c1-6-24-14-9-7-13(8-10-14)17(22)19-16(12(2)3)18(23)25-11-15(21)20(4)5/h7-10,12,16H,6,11H2,1-5H3,(H,19,22)/t16-/m0/s1. The minimum Gasteiger partial charge on any atom is -0.494 e. The van der Waals surface area contributed by atoms with Crippen molar-refractivity contribution >= 4 is 17.8 Å². The summed E-state index contributed by atoms with van der Waals surface area (Å²) in [6, 6.07) is 5.79. The van der Waals surface area contributed by atoms with Crippen molar-refractivity contribution in [3.63, 3.8) is 0 Å². The van der Waals surface area contributed by atoms with Gasteiger partial charge in [-0.15, -0.1) is 0 Å². The Hall–Kier alpha value is -2.57. The molecule has 0 heterocycles. The van der Waals surface area contributed by atoms with E-state index in [-0.39, 0.29) is 18.4 Å². The molecule has 0 spiro atoms. The van der Waals surface area contributed by atoms with E-state index in [1.54, 1.807) is 52.2 Å². The first-order chi connectivity index (χ1) is 11.8. The van der Waals surface area contributed by atoms with Gasteiger partial charge in [-0.05, 0) is 37.1 Å². The Morgan fingerprint density at radius 2 is 1.72 bits per heavy atom. The number of esters is 1. The lowest BCUT2D eigenvalue weighted by Crippen LogP contribution is -2.46. The number of amides is 2. The molecule has 7 heteroatoms. The molecule has 0 aromatic heterocycles. The average Bonchev–Trinajstić information content (AvgIpc) is 2.57. The molecule has 1 aromatic rings. The van der Waals surface area contributed by atoms with Gasteiger partial charge in [-0.2, -0.15) is 0 Å². The number of carbonyl (C=O) groups excluding carboxylic acids is 3. The number of rotatable bonds is 8. The van der Waals surface area contributed by atoms with Crippen molar-refractivity contribution in [3.05, 3.63) is 29.8 Å². The largest absolute Gasteiger partial charge is 0.494 e. The van der Waals surface area contributed by atoms with Crippen molar-refractivity contribution in [2.75, 3.05) is 27.3 Å². The van der Waals surface area contributed by atoms with Crippen LogP contribution < -0.4 is 10.1 Å². The van der Waals surface area contributed by atoms with Crippen LogP contribution in [-0.4, -0.2) is 56.0 Å². The van der Waals surface area contributed by atoms with E-state index in [9.17, 15) is 14.4 Å². The molecular weight excluding hydrogens is 324 g/mol. The first-order valence-corrected chi connectivity index (χ1v) is 8.16. The fourth-order valence-electron chi connectivity index (χ4n) is 1.94. The summed E-state index contributed by atoms with van der Waals surface area (Å²) < 4.78 is 10.3. The maximum atomic E-state index is 12.3. The quantitative estimate of drug-likeness (QED) is 0.718. The van der Waals surface area contributed by atoms with Gasteiger partial charge in [0.05, 0.1) is 6.61 Å². The Bertz CT molecular complexity index is 596. The topological polar surface area (TPSA) is 84.9 Å². The van der Waals surface area contributed by atoms with Crippen molar-refractivity contribution in [3.8, 4) is 5.75 Å². The molecule has 0 fully saturated rings. The summed E-state index contributed by atoms with van der Waals surface area (Å²) in [5, 5.41) is 2.66. The number of benzene rings is 1. The number of nitrogens with one attached hydrogen (secondary N) is 1. The number of carbonyl (C=O) groups is 3. The summed E-state index contributed by atoms with van der Waals surface area (Å²) in [6.07, 6.45) is 0. The van der Waals surface area contributed by atoms with Gasteiger partial charge in [0.25, 0.3) is 11.8 Å². The van der Waals surface area contributed by atoms with Crippen molar-refractivity contribution in [2.24, 2.45) is 5.92 Å². The molecule has 0 saturated heterocycles.